The van der Waals surface area contributed by atoms with Gasteiger partial charge < -0.3 is 4.90 Å². The second-order valence-corrected chi connectivity index (χ2v) is 3.59. The lowest BCUT2D eigenvalue weighted by molar-refractivity contribution is -0.387. The van der Waals surface area contributed by atoms with Gasteiger partial charge in [-0.15, -0.1) is 0 Å². The molecule has 0 aliphatic carbocycles. The minimum Gasteiger partial charge on any atom is -0.336 e. The van der Waals surface area contributed by atoms with E-state index in [2.05, 4.69) is 0 Å². The number of nitrogens with zero attached hydrogens (tertiary/aromatic N) is 2. The molecule has 1 rings (SSSR count). The van der Waals surface area contributed by atoms with Crippen LogP contribution in [0.2, 0.25) is 0 Å². The molecule has 19 heavy (non-hydrogen) atoms. The van der Waals surface area contributed by atoms with E-state index in [9.17, 15) is 32.5 Å². The van der Waals surface area contributed by atoms with E-state index < -0.39 is 46.7 Å². The van der Waals surface area contributed by atoms with Crippen LogP contribution in [0.4, 0.5) is 23.2 Å². The number of hydrogen-bond acceptors (Lipinski definition) is 3. The van der Waals surface area contributed by atoms with E-state index in [1.165, 1.54) is 0 Å². The highest BCUT2D eigenvalue weighted by Crippen LogP contribution is 2.24. The number of carbonyl (C=O) groups excluding carboxylic acids is 1. The molecule has 0 unspecified atom stereocenters. The van der Waals surface area contributed by atoms with Crippen LogP contribution in [0.1, 0.15) is 10.4 Å². The fourth-order valence-electron chi connectivity index (χ4n) is 1.36. The van der Waals surface area contributed by atoms with Crippen LogP contribution in [0.25, 0.3) is 0 Å². The van der Waals surface area contributed by atoms with Crippen molar-refractivity contribution in [1.29, 1.82) is 0 Å². The Bertz CT molecular complexity index is 522. The average Bonchev–Trinajstić information content (AvgIpc) is 2.27. The van der Waals surface area contributed by atoms with Crippen molar-refractivity contribution >= 4 is 11.6 Å². The predicted molar refractivity (Wildman–Crippen MR) is 56.0 cm³/mol. The topological polar surface area (TPSA) is 63.5 Å². The van der Waals surface area contributed by atoms with Crippen LogP contribution in [0.5, 0.6) is 0 Å². The molecule has 0 atom stereocenters. The van der Waals surface area contributed by atoms with Crippen molar-refractivity contribution in [3.63, 3.8) is 0 Å². The van der Waals surface area contributed by atoms with Gasteiger partial charge in [0.1, 0.15) is 11.4 Å². The monoisotopic (exact) mass is 280 g/mol. The quantitative estimate of drug-likeness (QED) is 0.482. The van der Waals surface area contributed by atoms with Gasteiger partial charge in [-0.25, -0.2) is 13.2 Å². The van der Waals surface area contributed by atoms with Crippen molar-refractivity contribution in [3.05, 3.63) is 39.4 Å². The lowest BCUT2D eigenvalue weighted by atomic mass is 10.1. The number of halogens is 4. The number of carbonyl (C=O) groups is 1. The molecule has 0 saturated carbocycles. The summed E-state index contributed by atoms with van der Waals surface area (Å²) in [7, 11) is 0.909. The van der Waals surface area contributed by atoms with Gasteiger partial charge in [-0.2, -0.15) is 4.39 Å². The second-order valence-electron chi connectivity index (χ2n) is 3.59. The first-order chi connectivity index (χ1) is 8.75. The lowest BCUT2D eigenvalue weighted by Gasteiger charge is -2.17. The zero-order valence-corrected chi connectivity index (χ0v) is 9.57. The maximum atomic E-state index is 13.6. The Kier molecular flexibility index (Phi) is 4.41. The summed E-state index contributed by atoms with van der Waals surface area (Å²) in [5.74, 6) is -4.43. The lowest BCUT2D eigenvalue weighted by Crippen LogP contribution is -2.32. The van der Waals surface area contributed by atoms with Crippen molar-refractivity contribution in [3.8, 4) is 0 Å². The van der Waals surface area contributed by atoms with Gasteiger partial charge >= 0.3 is 5.69 Å². The SMILES string of the molecule is CN(CC(F)F)C(=O)c1c(F)ccc([N+](=O)[O-])c1F. The zero-order chi connectivity index (χ0) is 14.7. The molecule has 0 N–H and O–H groups in total. The third-order valence-electron chi connectivity index (χ3n) is 2.24. The largest absolute Gasteiger partial charge is 0.336 e. The van der Waals surface area contributed by atoms with E-state index >= 15 is 0 Å². The summed E-state index contributed by atoms with van der Waals surface area (Å²) in [6.07, 6.45) is -2.89. The van der Waals surface area contributed by atoms with Crippen LogP contribution in [-0.2, 0) is 0 Å². The molecule has 0 saturated heterocycles. The van der Waals surface area contributed by atoms with Gasteiger partial charge in [0.2, 0.25) is 5.82 Å². The van der Waals surface area contributed by atoms with Crippen molar-refractivity contribution < 1.29 is 27.3 Å². The van der Waals surface area contributed by atoms with Crippen LogP contribution in [-0.4, -0.2) is 35.7 Å². The average molecular weight is 280 g/mol. The number of nitro groups is 1. The maximum Gasteiger partial charge on any atom is 0.305 e. The van der Waals surface area contributed by atoms with Gasteiger partial charge in [0.05, 0.1) is 11.5 Å². The van der Waals surface area contributed by atoms with Crippen molar-refractivity contribution in [1.82, 2.24) is 4.90 Å². The summed E-state index contributed by atoms with van der Waals surface area (Å²) in [6.45, 7) is -1.04. The molecule has 0 aliphatic heterocycles. The van der Waals surface area contributed by atoms with Crippen molar-refractivity contribution in [2.75, 3.05) is 13.6 Å². The van der Waals surface area contributed by atoms with E-state index in [0.717, 1.165) is 7.05 Å². The van der Waals surface area contributed by atoms with Crippen LogP contribution in [0.15, 0.2) is 12.1 Å². The molecule has 1 aromatic rings. The number of alkyl halides is 2. The minimum absolute atomic E-state index is 0.385. The molecule has 9 heteroatoms. The zero-order valence-electron chi connectivity index (χ0n) is 9.57. The van der Waals surface area contributed by atoms with E-state index in [1.54, 1.807) is 0 Å². The fraction of sp³-hybridized carbons (Fsp3) is 0.300. The molecular formula is C10H8F4N2O3. The standard InChI is InChI=1S/C10H8F4N2O3/c1-15(4-7(12)13)10(17)8-5(11)2-3-6(9(8)14)16(18)19/h2-3,7H,4H2,1H3. The highest BCUT2D eigenvalue weighted by Gasteiger charge is 2.28. The summed E-state index contributed by atoms with van der Waals surface area (Å²) in [5, 5.41) is 10.5. The predicted octanol–water partition coefficient (Wildman–Crippen LogP) is 2.21. The van der Waals surface area contributed by atoms with E-state index in [0.29, 0.717) is 17.0 Å². The first-order valence-corrected chi connectivity index (χ1v) is 4.91. The Morgan fingerprint density at radius 1 is 1.42 bits per heavy atom. The fourth-order valence-corrected chi connectivity index (χ4v) is 1.36. The summed E-state index contributed by atoms with van der Waals surface area (Å²) < 4.78 is 51.1. The van der Waals surface area contributed by atoms with E-state index in [-0.39, 0.29) is 0 Å². The van der Waals surface area contributed by atoms with Crippen molar-refractivity contribution in [2.45, 2.75) is 6.43 Å². The molecule has 5 nitrogen and oxygen atoms in total. The number of rotatable bonds is 4. The molecule has 1 aromatic carbocycles. The molecule has 0 heterocycles. The Hall–Kier alpha value is -2.19. The number of hydrogen-bond donors (Lipinski definition) is 0. The molecule has 0 aliphatic rings. The maximum absolute atomic E-state index is 13.6. The number of amides is 1. The minimum atomic E-state index is -2.89. The summed E-state index contributed by atoms with van der Waals surface area (Å²) in [4.78, 5) is 21.3. The molecule has 0 radical (unpaired) electrons. The van der Waals surface area contributed by atoms with Gasteiger partial charge in [-0.3, -0.25) is 14.9 Å². The summed E-state index contributed by atoms with van der Waals surface area (Å²) in [5.41, 5.74) is -2.33. The van der Waals surface area contributed by atoms with Crippen LogP contribution >= 0.6 is 0 Å². The van der Waals surface area contributed by atoms with Gasteiger partial charge in [0.25, 0.3) is 12.3 Å². The second kappa shape index (κ2) is 5.63. The van der Waals surface area contributed by atoms with Gasteiger partial charge in [-0.05, 0) is 6.07 Å². The first kappa shape index (κ1) is 14.9. The molecule has 0 fully saturated rings. The smallest absolute Gasteiger partial charge is 0.305 e. The number of nitro benzene ring substituents is 1. The molecule has 1 amide bonds. The summed E-state index contributed by atoms with van der Waals surface area (Å²) >= 11 is 0. The Balaban J connectivity index is 3.22. The van der Waals surface area contributed by atoms with Gasteiger partial charge in [-0.1, -0.05) is 0 Å². The highest BCUT2D eigenvalue weighted by molar-refractivity contribution is 5.95. The molecule has 0 bridgehead atoms. The van der Waals surface area contributed by atoms with E-state index in [4.69, 9.17) is 0 Å². The molecule has 0 spiro atoms. The molecular weight excluding hydrogens is 272 g/mol. The van der Waals surface area contributed by atoms with Crippen LogP contribution in [0, 0.1) is 21.7 Å². The van der Waals surface area contributed by atoms with Crippen LogP contribution in [0.3, 0.4) is 0 Å². The van der Waals surface area contributed by atoms with E-state index in [1.807, 2.05) is 0 Å². The summed E-state index contributed by atoms with van der Waals surface area (Å²) in [6, 6.07) is 1.08. The van der Waals surface area contributed by atoms with Crippen LogP contribution < -0.4 is 0 Å². The third-order valence-corrected chi connectivity index (χ3v) is 2.24. The van der Waals surface area contributed by atoms with Gasteiger partial charge in [0, 0.05) is 13.1 Å². The number of benzene rings is 1. The Morgan fingerprint density at radius 2 is 2.00 bits per heavy atom. The molecule has 0 aromatic heterocycles. The Morgan fingerprint density at radius 3 is 2.47 bits per heavy atom. The highest BCUT2D eigenvalue weighted by atomic mass is 19.3. The first-order valence-electron chi connectivity index (χ1n) is 4.91. The van der Waals surface area contributed by atoms with Crippen molar-refractivity contribution in [2.24, 2.45) is 0 Å². The Labute approximate surface area is 104 Å². The van der Waals surface area contributed by atoms with Gasteiger partial charge in [0.15, 0.2) is 0 Å². The third kappa shape index (κ3) is 3.18. The normalized spacial score (nSPS) is 10.6. The molecule has 104 valence electrons.